The molecule has 1 aliphatic rings. The van der Waals surface area contributed by atoms with Crippen molar-refractivity contribution in [2.75, 3.05) is 14.2 Å². The highest BCUT2D eigenvalue weighted by Gasteiger charge is 2.54. The quantitative estimate of drug-likeness (QED) is 0.337. The van der Waals surface area contributed by atoms with Crippen LogP contribution in [0.25, 0.3) is 0 Å². The molecule has 20 heavy (non-hydrogen) atoms. The molecule has 0 aromatic heterocycles. The maximum absolute atomic E-state index is 12.0. The predicted molar refractivity (Wildman–Crippen MR) is 80.9 cm³/mol. The van der Waals surface area contributed by atoms with Crippen molar-refractivity contribution < 1.29 is 19.1 Å². The third-order valence-electron chi connectivity index (χ3n) is 3.45. The Labute approximate surface area is 132 Å². The first-order chi connectivity index (χ1) is 9.10. The van der Waals surface area contributed by atoms with Gasteiger partial charge in [-0.1, -0.05) is 12.2 Å². The zero-order valence-corrected chi connectivity index (χ0v) is 14.7. The first kappa shape index (κ1) is 17.6. The average molecular weight is 358 g/mol. The van der Waals surface area contributed by atoms with Crippen LogP contribution in [0.2, 0.25) is 0 Å². The van der Waals surface area contributed by atoms with Crippen LogP contribution in [0.5, 0.6) is 0 Å². The molecule has 112 valence electrons. The number of carbonyl (C=O) groups excluding carboxylic acids is 2. The molecule has 8 heteroatoms. The highest BCUT2D eigenvalue weighted by molar-refractivity contribution is 7.67. The molecule has 1 rings (SSSR count). The fourth-order valence-corrected chi connectivity index (χ4v) is 3.93. The zero-order valence-electron chi connectivity index (χ0n) is 11.4. The van der Waals surface area contributed by atoms with E-state index < -0.39 is 23.4 Å². The molecule has 1 saturated carbocycles. The summed E-state index contributed by atoms with van der Waals surface area (Å²) >= 11 is 18.0. The molecule has 0 saturated heterocycles. The van der Waals surface area contributed by atoms with Gasteiger partial charge in [0.1, 0.15) is 0 Å². The topological polar surface area (TPSA) is 52.6 Å². The molecule has 0 atom stereocenters. The smallest absolute Gasteiger partial charge is 0.368 e. The third-order valence-corrected chi connectivity index (χ3v) is 7.15. The van der Waals surface area contributed by atoms with E-state index in [4.69, 9.17) is 42.7 Å². The standard InChI is InChI=1S/C12H15Cl3O4Si/c1-7-5-12(10(16)18-3,11(17)19-4)6-9(7)8(2)20(13,14)15/h1,5-6H2,2-4H3/b9-8-. The minimum Gasteiger partial charge on any atom is -0.468 e. The molecule has 0 aromatic carbocycles. The molecule has 0 bridgehead atoms. The van der Waals surface area contributed by atoms with Crippen molar-refractivity contribution in [2.45, 2.75) is 19.8 Å². The van der Waals surface area contributed by atoms with E-state index >= 15 is 0 Å². The lowest BCUT2D eigenvalue weighted by Gasteiger charge is -2.22. The number of hydrogen-bond acceptors (Lipinski definition) is 4. The second kappa shape index (κ2) is 6.09. The lowest BCUT2D eigenvalue weighted by Crippen LogP contribution is -2.38. The van der Waals surface area contributed by atoms with E-state index in [0.29, 0.717) is 16.3 Å². The summed E-state index contributed by atoms with van der Waals surface area (Å²) in [7, 11) is 2.43. The first-order valence-corrected chi connectivity index (χ1v) is 10.8. The maximum atomic E-state index is 12.0. The largest absolute Gasteiger partial charge is 0.468 e. The van der Waals surface area contributed by atoms with E-state index in [1.54, 1.807) is 6.92 Å². The van der Waals surface area contributed by atoms with Gasteiger partial charge in [-0.25, -0.2) is 0 Å². The van der Waals surface area contributed by atoms with E-state index in [0.717, 1.165) is 0 Å². The highest BCUT2D eigenvalue weighted by atomic mass is 35.8. The van der Waals surface area contributed by atoms with E-state index in [9.17, 15) is 9.59 Å². The molecular formula is C12H15Cl3O4Si. The maximum Gasteiger partial charge on any atom is 0.368 e. The molecule has 0 aliphatic heterocycles. The van der Waals surface area contributed by atoms with Crippen LogP contribution in [-0.4, -0.2) is 32.2 Å². The normalized spacial score (nSPS) is 20.6. The van der Waals surface area contributed by atoms with Crippen LogP contribution in [-0.2, 0) is 19.1 Å². The van der Waals surface area contributed by atoms with E-state index in [1.165, 1.54) is 14.2 Å². The van der Waals surface area contributed by atoms with Gasteiger partial charge in [0.05, 0.1) is 14.2 Å². The van der Waals surface area contributed by atoms with E-state index in [1.807, 2.05) is 0 Å². The number of hydrogen-bond donors (Lipinski definition) is 0. The molecule has 1 fully saturated rings. The van der Waals surface area contributed by atoms with Gasteiger partial charge in [0, 0.05) is 0 Å². The second-order valence-electron chi connectivity index (χ2n) is 4.62. The van der Waals surface area contributed by atoms with Crippen LogP contribution in [0.15, 0.2) is 22.9 Å². The van der Waals surface area contributed by atoms with Gasteiger partial charge in [0.2, 0.25) is 0 Å². The van der Waals surface area contributed by atoms with Crippen LogP contribution < -0.4 is 0 Å². The van der Waals surface area contributed by atoms with Gasteiger partial charge in [-0.2, -0.15) is 0 Å². The molecule has 0 aromatic rings. The summed E-state index contributed by atoms with van der Waals surface area (Å²) in [5.41, 5.74) is -0.189. The van der Waals surface area contributed by atoms with Crippen molar-refractivity contribution in [2.24, 2.45) is 5.41 Å². The minimum absolute atomic E-state index is 0.0813. The Hall–Kier alpha value is -0.493. The molecule has 0 amide bonds. The Balaban J connectivity index is 3.34. The third kappa shape index (κ3) is 3.06. The number of allylic oxidation sites excluding steroid dienone is 3. The van der Waals surface area contributed by atoms with Gasteiger partial charge in [-0.15, -0.1) is 33.2 Å². The molecular weight excluding hydrogens is 343 g/mol. The monoisotopic (exact) mass is 356 g/mol. The number of halogens is 3. The van der Waals surface area contributed by atoms with Gasteiger partial charge >= 0.3 is 17.9 Å². The van der Waals surface area contributed by atoms with Gasteiger partial charge in [0.15, 0.2) is 5.41 Å². The molecule has 0 unspecified atom stereocenters. The van der Waals surface area contributed by atoms with Crippen LogP contribution >= 0.6 is 33.2 Å². The highest BCUT2D eigenvalue weighted by Crippen LogP contribution is 2.49. The van der Waals surface area contributed by atoms with Gasteiger partial charge in [-0.05, 0) is 30.5 Å². The van der Waals surface area contributed by atoms with Gasteiger partial charge < -0.3 is 9.47 Å². The zero-order chi connectivity index (χ0) is 15.7. The number of esters is 2. The Kier molecular flexibility index (Phi) is 5.35. The summed E-state index contributed by atoms with van der Waals surface area (Å²) < 4.78 is 9.46. The molecule has 0 spiro atoms. The summed E-state index contributed by atoms with van der Waals surface area (Å²) in [6.45, 7) is 5.56. The number of methoxy groups -OCH3 is 2. The first-order valence-electron chi connectivity index (χ1n) is 5.72. The second-order valence-corrected chi connectivity index (χ2v) is 13.2. The van der Waals surface area contributed by atoms with Gasteiger partial charge in [-0.3, -0.25) is 9.59 Å². The number of carbonyl (C=O) groups is 2. The fourth-order valence-electron chi connectivity index (χ4n) is 2.29. The summed E-state index contributed by atoms with van der Waals surface area (Å²) in [6, 6.07) is -3.09. The van der Waals surface area contributed by atoms with Crippen molar-refractivity contribution in [1.82, 2.24) is 0 Å². The fraction of sp³-hybridized carbons (Fsp3) is 0.500. The lowest BCUT2D eigenvalue weighted by atomic mass is 9.86. The predicted octanol–water partition coefficient (Wildman–Crippen LogP) is 3.18. The van der Waals surface area contributed by atoms with E-state index in [-0.39, 0.29) is 12.8 Å². The number of ether oxygens (including phenoxy) is 2. The Morgan fingerprint density at radius 2 is 1.60 bits per heavy atom. The number of rotatable bonds is 3. The van der Waals surface area contributed by atoms with E-state index in [2.05, 4.69) is 6.58 Å². The Bertz CT molecular complexity index is 477. The van der Waals surface area contributed by atoms with Gasteiger partial charge in [0.25, 0.3) is 0 Å². The molecule has 0 N–H and O–H groups in total. The molecule has 0 heterocycles. The van der Waals surface area contributed by atoms with Crippen molar-refractivity contribution >= 4 is 51.2 Å². The molecule has 0 radical (unpaired) electrons. The van der Waals surface area contributed by atoms with Crippen LogP contribution in [0.1, 0.15) is 19.8 Å². The van der Waals surface area contributed by atoms with Crippen molar-refractivity contribution in [3.05, 3.63) is 22.9 Å². The van der Waals surface area contributed by atoms with Crippen LogP contribution in [0.4, 0.5) is 0 Å². The van der Waals surface area contributed by atoms with Crippen molar-refractivity contribution in [1.29, 1.82) is 0 Å². The van der Waals surface area contributed by atoms with Crippen molar-refractivity contribution in [3.8, 4) is 0 Å². The molecule has 4 nitrogen and oxygen atoms in total. The van der Waals surface area contributed by atoms with Crippen LogP contribution in [0.3, 0.4) is 0 Å². The minimum atomic E-state index is -3.09. The van der Waals surface area contributed by atoms with Crippen LogP contribution in [0, 0.1) is 5.41 Å². The SMILES string of the molecule is C=C1CC(C(=O)OC)(C(=O)OC)C/C1=C(\C)[Si](Cl)(Cl)Cl. The summed E-state index contributed by atoms with van der Waals surface area (Å²) in [6.07, 6.45) is 0.187. The summed E-state index contributed by atoms with van der Waals surface area (Å²) in [5, 5.41) is 0.571. The summed E-state index contributed by atoms with van der Waals surface area (Å²) in [4.78, 5) is 24.1. The molecule has 1 aliphatic carbocycles. The Morgan fingerprint density at radius 3 is 1.95 bits per heavy atom. The summed E-state index contributed by atoms with van der Waals surface area (Å²) in [5.74, 6) is -1.33. The Morgan fingerprint density at radius 1 is 1.15 bits per heavy atom. The van der Waals surface area contributed by atoms with Crippen molar-refractivity contribution in [3.63, 3.8) is 0 Å². The lowest BCUT2D eigenvalue weighted by molar-refractivity contribution is -0.168. The average Bonchev–Trinajstić information content (AvgIpc) is 2.73.